The highest BCUT2D eigenvalue weighted by Crippen LogP contribution is 2.24. The Kier molecular flexibility index (Phi) is 3.67. The second kappa shape index (κ2) is 5.41. The van der Waals surface area contributed by atoms with Gasteiger partial charge in [-0.3, -0.25) is 9.80 Å². The third-order valence-corrected chi connectivity index (χ3v) is 4.60. The molecule has 2 saturated heterocycles. The molecular formula is C16H24N2. The summed E-state index contributed by atoms with van der Waals surface area (Å²) in [7, 11) is 0. The van der Waals surface area contributed by atoms with Crippen LogP contribution in [0.2, 0.25) is 0 Å². The van der Waals surface area contributed by atoms with Gasteiger partial charge in [0.15, 0.2) is 0 Å². The van der Waals surface area contributed by atoms with Crippen LogP contribution >= 0.6 is 0 Å². The van der Waals surface area contributed by atoms with E-state index in [0.29, 0.717) is 0 Å². The van der Waals surface area contributed by atoms with Gasteiger partial charge in [0.2, 0.25) is 0 Å². The minimum atomic E-state index is 0.725. The first-order valence-corrected chi connectivity index (χ1v) is 7.35. The quantitative estimate of drug-likeness (QED) is 0.805. The maximum Gasteiger partial charge on any atom is 0.0224 e. The van der Waals surface area contributed by atoms with Crippen LogP contribution in [0.3, 0.4) is 0 Å². The molecule has 0 saturated carbocycles. The fraction of sp³-hybridized carbons (Fsp3) is 0.625. The Balaban J connectivity index is 1.56. The molecule has 2 heteroatoms. The number of rotatable bonds is 3. The molecule has 1 aromatic rings. The molecule has 2 fully saturated rings. The number of benzene rings is 1. The number of piperazine rings is 1. The number of hydrogen-bond donors (Lipinski definition) is 0. The van der Waals surface area contributed by atoms with Gasteiger partial charge in [-0.25, -0.2) is 0 Å². The first kappa shape index (κ1) is 12.2. The summed E-state index contributed by atoms with van der Waals surface area (Å²) >= 11 is 0. The molecule has 2 atom stereocenters. The van der Waals surface area contributed by atoms with E-state index < -0.39 is 0 Å². The summed E-state index contributed by atoms with van der Waals surface area (Å²) in [6, 6.07) is 12.5. The molecule has 2 heterocycles. The molecule has 2 aliphatic heterocycles. The van der Waals surface area contributed by atoms with Gasteiger partial charge in [0, 0.05) is 31.7 Å². The van der Waals surface area contributed by atoms with Gasteiger partial charge in [-0.1, -0.05) is 30.3 Å². The summed E-state index contributed by atoms with van der Waals surface area (Å²) in [6.07, 6.45) is 4.01. The van der Waals surface area contributed by atoms with Crippen LogP contribution in [0, 0.1) is 0 Å². The second-order valence-electron chi connectivity index (χ2n) is 5.87. The van der Waals surface area contributed by atoms with Crippen molar-refractivity contribution in [2.45, 2.75) is 38.3 Å². The van der Waals surface area contributed by atoms with E-state index in [9.17, 15) is 0 Å². The van der Waals surface area contributed by atoms with E-state index in [0.717, 1.165) is 12.1 Å². The van der Waals surface area contributed by atoms with E-state index in [4.69, 9.17) is 0 Å². The zero-order valence-electron chi connectivity index (χ0n) is 11.4. The van der Waals surface area contributed by atoms with Crippen molar-refractivity contribution in [2.75, 3.05) is 26.2 Å². The summed E-state index contributed by atoms with van der Waals surface area (Å²) in [5, 5.41) is 0. The molecule has 0 bridgehead atoms. The Morgan fingerprint density at radius 1 is 1.17 bits per heavy atom. The summed E-state index contributed by atoms with van der Waals surface area (Å²) in [5.74, 6) is 0. The van der Waals surface area contributed by atoms with Crippen LogP contribution in [0.4, 0.5) is 0 Å². The highest BCUT2D eigenvalue weighted by Gasteiger charge is 2.33. The molecule has 0 aromatic heterocycles. The van der Waals surface area contributed by atoms with Crippen LogP contribution in [0.1, 0.15) is 25.3 Å². The Morgan fingerprint density at radius 2 is 2.00 bits per heavy atom. The lowest BCUT2D eigenvalue weighted by Crippen LogP contribution is -2.55. The summed E-state index contributed by atoms with van der Waals surface area (Å²) in [5.41, 5.74) is 1.47. The van der Waals surface area contributed by atoms with Crippen molar-refractivity contribution in [1.82, 2.24) is 9.80 Å². The molecule has 0 radical (unpaired) electrons. The van der Waals surface area contributed by atoms with Crippen molar-refractivity contribution >= 4 is 0 Å². The van der Waals surface area contributed by atoms with Crippen molar-refractivity contribution in [3.63, 3.8) is 0 Å². The Bertz CT molecular complexity index is 376. The Morgan fingerprint density at radius 3 is 2.83 bits per heavy atom. The van der Waals surface area contributed by atoms with Crippen LogP contribution in [0.5, 0.6) is 0 Å². The molecular weight excluding hydrogens is 220 g/mol. The van der Waals surface area contributed by atoms with E-state index in [1.165, 1.54) is 51.0 Å². The zero-order valence-corrected chi connectivity index (χ0v) is 11.4. The van der Waals surface area contributed by atoms with Gasteiger partial charge in [0.1, 0.15) is 0 Å². The molecule has 0 N–H and O–H groups in total. The molecule has 0 spiro atoms. The molecule has 0 amide bonds. The molecule has 3 rings (SSSR count). The average Bonchev–Trinajstić information content (AvgIpc) is 2.84. The van der Waals surface area contributed by atoms with E-state index in [2.05, 4.69) is 47.1 Å². The molecule has 1 aromatic carbocycles. The molecule has 0 aliphatic carbocycles. The summed E-state index contributed by atoms with van der Waals surface area (Å²) in [4.78, 5) is 5.39. The van der Waals surface area contributed by atoms with Crippen molar-refractivity contribution < 1.29 is 0 Å². The van der Waals surface area contributed by atoms with Crippen LogP contribution in [-0.2, 0) is 6.42 Å². The lowest BCUT2D eigenvalue weighted by Gasteiger charge is -2.42. The van der Waals surface area contributed by atoms with Crippen molar-refractivity contribution in [1.29, 1.82) is 0 Å². The van der Waals surface area contributed by atoms with Gasteiger partial charge in [-0.2, -0.15) is 0 Å². The van der Waals surface area contributed by atoms with Gasteiger partial charge in [0.25, 0.3) is 0 Å². The Hall–Kier alpha value is -0.860. The standard InChI is InChI=1S/C16H24N2/c1-14-12-18-10-5-8-16(18)13-17(14)11-9-15-6-3-2-4-7-15/h2-4,6-7,14,16H,5,8-13H2,1H3/t14-,16?/m1/s1. The minimum Gasteiger partial charge on any atom is -0.298 e. The third kappa shape index (κ3) is 2.60. The normalized spacial score (nSPS) is 29.4. The summed E-state index contributed by atoms with van der Waals surface area (Å²) < 4.78 is 0. The predicted octanol–water partition coefficient (Wildman–Crippen LogP) is 2.40. The van der Waals surface area contributed by atoms with Gasteiger partial charge < -0.3 is 0 Å². The zero-order chi connectivity index (χ0) is 12.4. The smallest absolute Gasteiger partial charge is 0.0224 e. The second-order valence-corrected chi connectivity index (χ2v) is 5.87. The van der Waals surface area contributed by atoms with E-state index in [1.54, 1.807) is 0 Å². The molecule has 18 heavy (non-hydrogen) atoms. The molecule has 2 aliphatic rings. The van der Waals surface area contributed by atoms with Crippen LogP contribution in [0.15, 0.2) is 30.3 Å². The fourth-order valence-electron chi connectivity index (χ4n) is 3.48. The monoisotopic (exact) mass is 244 g/mol. The number of nitrogens with zero attached hydrogens (tertiary/aromatic N) is 2. The lowest BCUT2D eigenvalue weighted by atomic mass is 10.1. The highest BCUT2D eigenvalue weighted by atomic mass is 15.3. The SMILES string of the molecule is C[C@@H]1CN2CCCC2CN1CCc1ccccc1. The van der Waals surface area contributed by atoms with Gasteiger partial charge >= 0.3 is 0 Å². The lowest BCUT2D eigenvalue weighted by molar-refractivity contribution is 0.0605. The topological polar surface area (TPSA) is 6.48 Å². The van der Waals surface area contributed by atoms with E-state index >= 15 is 0 Å². The summed E-state index contributed by atoms with van der Waals surface area (Å²) in [6.45, 7) is 7.50. The fourth-order valence-corrected chi connectivity index (χ4v) is 3.48. The van der Waals surface area contributed by atoms with E-state index in [-0.39, 0.29) is 0 Å². The molecule has 2 nitrogen and oxygen atoms in total. The third-order valence-electron chi connectivity index (χ3n) is 4.60. The predicted molar refractivity (Wildman–Crippen MR) is 75.8 cm³/mol. The van der Waals surface area contributed by atoms with Crippen molar-refractivity contribution in [2.24, 2.45) is 0 Å². The van der Waals surface area contributed by atoms with Crippen LogP contribution in [-0.4, -0.2) is 48.1 Å². The Labute approximate surface area is 111 Å². The van der Waals surface area contributed by atoms with Crippen molar-refractivity contribution in [3.05, 3.63) is 35.9 Å². The van der Waals surface area contributed by atoms with Crippen LogP contribution < -0.4 is 0 Å². The number of fused-ring (bicyclic) bond motifs is 1. The molecule has 1 unspecified atom stereocenters. The largest absolute Gasteiger partial charge is 0.298 e. The first-order chi connectivity index (χ1) is 8.83. The molecule has 98 valence electrons. The average molecular weight is 244 g/mol. The minimum absolute atomic E-state index is 0.725. The maximum atomic E-state index is 2.70. The first-order valence-electron chi connectivity index (χ1n) is 7.35. The van der Waals surface area contributed by atoms with Gasteiger partial charge in [0.05, 0.1) is 0 Å². The van der Waals surface area contributed by atoms with E-state index in [1.807, 2.05) is 0 Å². The number of hydrogen-bond acceptors (Lipinski definition) is 2. The van der Waals surface area contributed by atoms with Crippen LogP contribution in [0.25, 0.3) is 0 Å². The van der Waals surface area contributed by atoms with Crippen molar-refractivity contribution in [3.8, 4) is 0 Å². The van der Waals surface area contributed by atoms with Gasteiger partial charge in [-0.15, -0.1) is 0 Å². The van der Waals surface area contributed by atoms with Gasteiger partial charge in [-0.05, 0) is 38.3 Å². The highest BCUT2D eigenvalue weighted by molar-refractivity contribution is 5.15. The maximum absolute atomic E-state index is 2.70.